The highest BCUT2D eigenvalue weighted by molar-refractivity contribution is 5.92. The third-order valence-electron chi connectivity index (χ3n) is 5.81. The second kappa shape index (κ2) is 9.30. The highest BCUT2D eigenvalue weighted by atomic mass is 19.1. The Morgan fingerprint density at radius 2 is 1.91 bits per heavy atom. The molecule has 0 aliphatic carbocycles. The van der Waals surface area contributed by atoms with E-state index in [0.717, 1.165) is 5.56 Å². The monoisotopic (exact) mass is 437 g/mol. The average Bonchev–Trinajstić information content (AvgIpc) is 3.28. The van der Waals surface area contributed by atoms with Gasteiger partial charge in [0.1, 0.15) is 23.0 Å². The molecule has 32 heavy (non-hydrogen) atoms. The Bertz CT molecular complexity index is 1070. The van der Waals surface area contributed by atoms with Gasteiger partial charge in [-0.05, 0) is 56.2 Å². The van der Waals surface area contributed by atoms with Crippen molar-refractivity contribution >= 4 is 11.9 Å². The van der Waals surface area contributed by atoms with Crippen molar-refractivity contribution in [1.82, 2.24) is 15.0 Å². The van der Waals surface area contributed by atoms with E-state index in [1.807, 2.05) is 0 Å². The summed E-state index contributed by atoms with van der Waals surface area (Å²) in [5, 5.41) is 4.08. The maximum absolute atomic E-state index is 13.2. The van der Waals surface area contributed by atoms with Gasteiger partial charge in [0.15, 0.2) is 0 Å². The van der Waals surface area contributed by atoms with E-state index in [9.17, 15) is 14.0 Å². The zero-order chi connectivity index (χ0) is 22.6. The predicted octanol–water partition coefficient (Wildman–Crippen LogP) is 3.90. The first-order valence-corrected chi connectivity index (χ1v) is 10.6. The first kappa shape index (κ1) is 21.7. The summed E-state index contributed by atoms with van der Waals surface area (Å²) >= 11 is 0. The lowest BCUT2D eigenvalue weighted by molar-refractivity contribution is -0.158. The summed E-state index contributed by atoms with van der Waals surface area (Å²) in [4.78, 5) is 31.5. The Morgan fingerprint density at radius 3 is 2.56 bits per heavy atom. The maximum Gasteiger partial charge on any atom is 0.312 e. The summed E-state index contributed by atoms with van der Waals surface area (Å²) in [5.74, 6) is -0.237. The molecule has 1 amide bonds. The molecule has 0 atom stereocenters. The van der Waals surface area contributed by atoms with Crippen molar-refractivity contribution in [3.05, 3.63) is 72.0 Å². The van der Waals surface area contributed by atoms with Crippen LogP contribution in [-0.4, -0.2) is 46.6 Å². The van der Waals surface area contributed by atoms with Crippen LogP contribution in [0.3, 0.4) is 0 Å². The predicted molar refractivity (Wildman–Crippen MR) is 114 cm³/mol. The van der Waals surface area contributed by atoms with Gasteiger partial charge >= 0.3 is 5.97 Å². The van der Waals surface area contributed by atoms with E-state index in [2.05, 4.69) is 10.1 Å². The van der Waals surface area contributed by atoms with Crippen LogP contribution in [0.4, 0.5) is 4.39 Å². The molecule has 1 fully saturated rings. The topological polar surface area (TPSA) is 85.5 Å². The normalized spacial score (nSPS) is 15.4. The van der Waals surface area contributed by atoms with Gasteiger partial charge in [-0.3, -0.25) is 14.6 Å². The van der Waals surface area contributed by atoms with Gasteiger partial charge in [-0.2, -0.15) is 0 Å². The SMILES string of the molecule is CCOC(=O)C1(Cc2cc(-c3ccc(F)cc3)no2)CCN(C(=O)c2ccccn2)CC1. The van der Waals surface area contributed by atoms with Crippen LogP contribution in [-0.2, 0) is 16.0 Å². The molecule has 0 radical (unpaired) electrons. The quantitative estimate of drug-likeness (QED) is 0.544. The summed E-state index contributed by atoms with van der Waals surface area (Å²) in [6.07, 6.45) is 2.78. The number of rotatable bonds is 6. The van der Waals surface area contributed by atoms with Crippen LogP contribution >= 0.6 is 0 Å². The van der Waals surface area contributed by atoms with Crippen LogP contribution in [0.15, 0.2) is 59.3 Å². The van der Waals surface area contributed by atoms with E-state index in [1.165, 1.54) is 12.1 Å². The molecular formula is C24H24FN3O4. The summed E-state index contributed by atoms with van der Waals surface area (Å²) < 4.78 is 24.1. The number of hydrogen-bond donors (Lipinski definition) is 0. The van der Waals surface area contributed by atoms with Crippen molar-refractivity contribution in [3.63, 3.8) is 0 Å². The molecule has 1 aliphatic heterocycles. The fraction of sp³-hybridized carbons (Fsp3) is 0.333. The highest BCUT2D eigenvalue weighted by Gasteiger charge is 2.44. The van der Waals surface area contributed by atoms with Gasteiger partial charge in [0.25, 0.3) is 5.91 Å². The van der Waals surface area contributed by atoms with Gasteiger partial charge in [-0.15, -0.1) is 0 Å². The van der Waals surface area contributed by atoms with Gasteiger partial charge in [0.05, 0.1) is 12.0 Å². The van der Waals surface area contributed by atoms with Gasteiger partial charge in [0, 0.05) is 37.3 Å². The molecule has 0 saturated carbocycles. The van der Waals surface area contributed by atoms with E-state index in [1.54, 1.807) is 54.4 Å². The van der Waals surface area contributed by atoms with Gasteiger partial charge in [-0.1, -0.05) is 11.2 Å². The summed E-state index contributed by atoms with van der Waals surface area (Å²) in [6, 6.07) is 12.9. The Hall–Kier alpha value is -3.55. The Balaban J connectivity index is 1.50. The van der Waals surface area contributed by atoms with Crippen molar-refractivity contribution in [1.29, 1.82) is 0 Å². The van der Waals surface area contributed by atoms with Crippen molar-refractivity contribution in [2.45, 2.75) is 26.2 Å². The lowest BCUT2D eigenvalue weighted by atomic mass is 9.74. The van der Waals surface area contributed by atoms with Crippen LogP contribution in [0, 0.1) is 11.2 Å². The Labute approximate surface area is 185 Å². The lowest BCUT2D eigenvalue weighted by Crippen LogP contribution is -2.48. The van der Waals surface area contributed by atoms with Crippen molar-refractivity contribution in [3.8, 4) is 11.3 Å². The van der Waals surface area contributed by atoms with E-state index >= 15 is 0 Å². The molecular weight excluding hydrogens is 413 g/mol. The highest BCUT2D eigenvalue weighted by Crippen LogP contribution is 2.38. The third kappa shape index (κ3) is 4.54. The zero-order valence-electron chi connectivity index (χ0n) is 17.8. The number of nitrogens with zero attached hydrogens (tertiary/aromatic N) is 3. The minimum atomic E-state index is -0.809. The van der Waals surface area contributed by atoms with Crippen molar-refractivity contribution < 1.29 is 23.2 Å². The van der Waals surface area contributed by atoms with Crippen LogP contribution in [0.25, 0.3) is 11.3 Å². The second-order valence-corrected chi connectivity index (χ2v) is 7.87. The molecule has 1 aromatic carbocycles. The minimum Gasteiger partial charge on any atom is -0.466 e. The number of pyridine rings is 1. The number of piperidine rings is 1. The fourth-order valence-corrected chi connectivity index (χ4v) is 4.01. The number of halogens is 1. The van der Waals surface area contributed by atoms with Gasteiger partial charge in [0.2, 0.25) is 0 Å². The molecule has 0 unspecified atom stereocenters. The Morgan fingerprint density at radius 1 is 1.16 bits per heavy atom. The number of benzene rings is 1. The Kier molecular flexibility index (Phi) is 6.30. The van der Waals surface area contributed by atoms with Crippen LogP contribution in [0.2, 0.25) is 0 Å². The number of likely N-dealkylation sites (tertiary alicyclic amines) is 1. The maximum atomic E-state index is 13.2. The summed E-state index contributed by atoms with van der Waals surface area (Å²) in [7, 11) is 0. The van der Waals surface area contributed by atoms with E-state index in [4.69, 9.17) is 9.26 Å². The van der Waals surface area contributed by atoms with Crippen LogP contribution < -0.4 is 0 Å². The lowest BCUT2D eigenvalue weighted by Gasteiger charge is -2.39. The van der Waals surface area contributed by atoms with Gasteiger partial charge in [-0.25, -0.2) is 4.39 Å². The molecule has 0 spiro atoms. The molecule has 0 bridgehead atoms. The number of carbonyl (C=O) groups is 2. The van der Waals surface area contributed by atoms with E-state index in [0.29, 0.717) is 49.5 Å². The molecule has 4 rings (SSSR count). The number of esters is 1. The molecule has 166 valence electrons. The fourth-order valence-electron chi connectivity index (χ4n) is 4.01. The molecule has 8 heteroatoms. The molecule has 7 nitrogen and oxygen atoms in total. The number of amides is 1. The summed E-state index contributed by atoms with van der Waals surface area (Å²) in [5.41, 5.74) is 0.871. The first-order chi connectivity index (χ1) is 15.5. The smallest absolute Gasteiger partial charge is 0.312 e. The standard InChI is InChI=1S/C24H24FN3O4/c1-2-31-23(30)24(10-13-28(14-11-24)22(29)20-5-3-4-12-26-20)16-19-15-21(27-32-19)17-6-8-18(25)9-7-17/h3-9,12,15H,2,10-11,13-14,16H2,1H3. The number of hydrogen-bond acceptors (Lipinski definition) is 6. The molecule has 3 aromatic rings. The second-order valence-electron chi connectivity index (χ2n) is 7.87. The van der Waals surface area contributed by atoms with Crippen LogP contribution in [0.5, 0.6) is 0 Å². The van der Waals surface area contributed by atoms with Crippen molar-refractivity contribution in [2.75, 3.05) is 19.7 Å². The largest absolute Gasteiger partial charge is 0.466 e. The molecule has 1 aliphatic rings. The third-order valence-corrected chi connectivity index (χ3v) is 5.81. The first-order valence-electron chi connectivity index (χ1n) is 10.6. The summed E-state index contributed by atoms with van der Waals surface area (Å²) in [6.45, 7) is 2.86. The zero-order valence-corrected chi connectivity index (χ0v) is 17.8. The minimum absolute atomic E-state index is 0.152. The number of aromatic nitrogens is 2. The molecule has 2 aromatic heterocycles. The van der Waals surface area contributed by atoms with E-state index < -0.39 is 5.41 Å². The number of carbonyl (C=O) groups excluding carboxylic acids is 2. The van der Waals surface area contributed by atoms with E-state index in [-0.39, 0.29) is 24.3 Å². The van der Waals surface area contributed by atoms with Crippen LogP contribution in [0.1, 0.15) is 36.0 Å². The van der Waals surface area contributed by atoms with Crippen molar-refractivity contribution in [2.24, 2.45) is 5.41 Å². The number of ether oxygens (including phenoxy) is 1. The molecule has 0 N–H and O–H groups in total. The molecule has 3 heterocycles. The molecule has 1 saturated heterocycles. The van der Waals surface area contributed by atoms with Gasteiger partial charge < -0.3 is 14.2 Å². The average molecular weight is 437 g/mol.